The first-order valence-corrected chi connectivity index (χ1v) is 8.39. The third-order valence-corrected chi connectivity index (χ3v) is 4.21. The van der Waals surface area contributed by atoms with Crippen LogP contribution < -0.4 is 14.8 Å². The van der Waals surface area contributed by atoms with E-state index < -0.39 is 0 Å². The molecule has 7 nitrogen and oxygen atoms in total. The average molecular weight is 349 g/mol. The maximum absolute atomic E-state index is 5.62. The molecule has 26 heavy (non-hydrogen) atoms. The van der Waals surface area contributed by atoms with E-state index in [1.54, 1.807) is 19.6 Å². The van der Waals surface area contributed by atoms with Crippen LogP contribution in [-0.2, 0) is 0 Å². The van der Waals surface area contributed by atoms with Gasteiger partial charge in [-0.1, -0.05) is 6.07 Å². The van der Waals surface area contributed by atoms with Crippen LogP contribution in [-0.4, -0.2) is 33.5 Å². The maximum atomic E-state index is 5.62. The lowest BCUT2D eigenvalue weighted by atomic mass is 10.0. The minimum absolute atomic E-state index is 0.117. The lowest BCUT2D eigenvalue weighted by molar-refractivity contribution is 0.310. The van der Waals surface area contributed by atoms with Crippen molar-refractivity contribution < 1.29 is 9.47 Å². The molecule has 0 saturated carbocycles. The zero-order valence-electron chi connectivity index (χ0n) is 14.6. The van der Waals surface area contributed by atoms with Crippen LogP contribution in [0.15, 0.2) is 55.1 Å². The second kappa shape index (κ2) is 6.87. The van der Waals surface area contributed by atoms with Crippen LogP contribution in [0, 0.1) is 0 Å². The Bertz CT molecular complexity index is 936. The zero-order valence-corrected chi connectivity index (χ0v) is 14.6. The van der Waals surface area contributed by atoms with Gasteiger partial charge in [-0.05, 0) is 42.8 Å². The number of aromatic nitrogens is 4. The molecule has 0 bridgehead atoms. The Morgan fingerprint density at radius 1 is 1.23 bits per heavy atom. The fourth-order valence-corrected chi connectivity index (χ4v) is 3.00. The Kier molecular flexibility index (Phi) is 4.27. The van der Waals surface area contributed by atoms with Gasteiger partial charge in [-0.3, -0.25) is 4.98 Å². The van der Waals surface area contributed by atoms with Crippen LogP contribution in [0.25, 0.3) is 5.70 Å². The van der Waals surface area contributed by atoms with Gasteiger partial charge in [0.05, 0.1) is 13.7 Å². The number of nitrogens with zero attached hydrogens (tertiary/aromatic N) is 4. The van der Waals surface area contributed by atoms with E-state index in [-0.39, 0.29) is 6.04 Å². The molecule has 0 aliphatic carbocycles. The minimum Gasteiger partial charge on any atom is -0.493 e. The number of anilines is 1. The smallest absolute Gasteiger partial charge is 0.226 e. The molecule has 0 spiro atoms. The Labute approximate surface area is 151 Å². The molecule has 2 aromatic heterocycles. The molecule has 1 unspecified atom stereocenters. The molecule has 0 amide bonds. The van der Waals surface area contributed by atoms with E-state index in [0.717, 1.165) is 22.6 Å². The van der Waals surface area contributed by atoms with Crippen molar-refractivity contribution in [2.24, 2.45) is 0 Å². The van der Waals surface area contributed by atoms with Crippen LogP contribution in [0.2, 0.25) is 0 Å². The lowest BCUT2D eigenvalue weighted by Gasteiger charge is -2.25. The number of hydrogen-bond acceptors (Lipinski definition) is 6. The summed E-state index contributed by atoms with van der Waals surface area (Å²) in [5, 5.41) is 7.68. The first-order valence-electron chi connectivity index (χ1n) is 8.39. The van der Waals surface area contributed by atoms with Crippen LogP contribution in [0.1, 0.15) is 24.1 Å². The minimum atomic E-state index is -0.117. The van der Waals surface area contributed by atoms with Crippen molar-refractivity contribution >= 4 is 11.6 Å². The molecule has 4 rings (SSSR count). The summed E-state index contributed by atoms with van der Waals surface area (Å²) in [5.74, 6) is 2.10. The van der Waals surface area contributed by atoms with Crippen LogP contribution >= 0.6 is 0 Å². The Morgan fingerprint density at radius 3 is 2.92 bits per heavy atom. The molecule has 132 valence electrons. The highest BCUT2D eigenvalue weighted by Crippen LogP contribution is 2.36. The van der Waals surface area contributed by atoms with Crippen molar-refractivity contribution in [2.45, 2.75) is 13.0 Å². The molecule has 0 saturated heterocycles. The molecule has 0 fully saturated rings. The summed E-state index contributed by atoms with van der Waals surface area (Å²) in [5.41, 5.74) is 2.96. The second-order valence-electron chi connectivity index (χ2n) is 5.76. The van der Waals surface area contributed by atoms with Crippen molar-refractivity contribution in [1.82, 2.24) is 19.7 Å². The molecule has 3 heterocycles. The maximum Gasteiger partial charge on any atom is 0.226 e. The fourth-order valence-electron chi connectivity index (χ4n) is 3.00. The first-order chi connectivity index (χ1) is 12.8. The van der Waals surface area contributed by atoms with E-state index in [0.29, 0.717) is 18.3 Å². The number of methoxy groups -OCH3 is 1. The summed E-state index contributed by atoms with van der Waals surface area (Å²) >= 11 is 0. The van der Waals surface area contributed by atoms with Crippen molar-refractivity contribution in [3.05, 3.63) is 66.3 Å². The standard InChI is InChI=1S/C19H19N5O2/c1-3-26-17-7-6-13(9-18(17)25-2)16-10-15(14-5-4-8-20-11-14)23-19-21-12-22-24(16)19/h4-12,16H,3H2,1-2H3,(H,21,22,23). The number of allylic oxidation sites excluding steroid dienone is 1. The highest BCUT2D eigenvalue weighted by atomic mass is 16.5. The Morgan fingerprint density at radius 2 is 2.15 bits per heavy atom. The number of benzene rings is 1. The van der Waals surface area contributed by atoms with Crippen molar-refractivity contribution in [3.8, 4) is 11.5 Å². The number of nitrogens with one attached hydrogen (secondary N) is 1. The molecule has 7 heteroatoms. The van der Waals surface area contributed by atoms with Crippen LogP contribution in [0.5, 0.6) is 11.5 Å². The Balaban J connectivity index is 1.78. The summed E-state index contributed by atoms with van der Waals surface area (Å²) in [4.78, 5) is 8.52. The van der Waals surface area contributed by atoms with Gasteiger partial charge in [0.15, 0.2) is 11.5 Å². The van der Waals surface area contributed by atoms with E-state index in [4.69, 9.17) is 9.47 Å². The SMILES string of the molecule is CCOc1ccc(C2C=C(c3cccnc3)Nc3ncnn32)cc1OC. The summed E-state index contributed by atoms with van der Waals surface area (Å²) in [6.07, 6.45) is 7.22. The van der Waals surface area contributed by atoms with E-state index in [1.165, 1.54) is 0 Å². The van der Waals surface area contributed by atoms with E-state index in [1.807, 2.05) is 48.1 Å². The predicted octanol–water partition coefficient (Wildman–Crippen LogP) is 3.14. The van der Waals surface area contributed by atoms with Gasteiger partial charge < -0.3 is 14.8 Å². The van der Waals surface area contributed by atoms with Gasteiger partial charge in [-0.15, -0.1) is 0 Å². The molecule has 1 aromatic carbocycles. The summed E-state index contributed by atoms with van der Waals surface area (Å²) < 4.78 is 13.0. The average Bonchev–Trinajstić information content (AvgIpc) is 3.17. The monoisotopic (exact) mass is 349 g/mol. The molecular formula is C19H19N5O2. The fraction of sp³-hybridized carbons (Fsp3) is 0.211. The number of fused-ring (bicyclic) bond motifs is 1. The first kappa shape index (κ1) is 16.1. The van der Waals surface area contributed by atoms with Gasteiger partial charge in [0, 0.05) is 23.7 Å². The third kappa shape index (κ3) is 2.88. The van der Waals surface area contributed by atoms with Gasteiger partial charge in [0.2, 0.25) is 5.95 Å². The Hall–Kier alpha value is -3.35. The van der Waals surface area contributed by atoms with Gasteiger partial charge in [0.25, 0.3) is 0 Å². The van der Waals surface area contributed by atoms with Gasteiger partial charge in [-0.25, -0.2) is 4.68 Å². The molecule has 1 atom stereocenters. The molecule has 3 aromatic rings. The highest BCUT2D eigenvalue weighted by molar-refractivity contribution is 5.76. The second-order valence-corrected chi connectivity index (χ2v) is 5.76. The zero-order chi connectivity index (χ0) is 17.9. The number of rotatable bonds is 5. The van der Waals surface area contributed by atoms with Crippen molar-refractivity contribution in [1.29, 1.82) is 0 Å². The van der Waals surface area contributed by atoms with Gasteiger partial charge in [0.1, 0.15) is 12.4 Å². The molecule has 1 N–H and O–H groups in total. The van der Waals surface area contributed by atoms with Crippen molar-refractivity contribution in [2.75, 3.05) is 19.0 Å². The summed E-state index contributed by atoms with van der Waals surface area (Å²) in [7, 11) is 1.64. The van der Waals surface area contributed by atoms with E-state index >= 15 is 0 Å². The molecule has 0 radical (unpaired) electrons. The van der Waals surface area contributed by atoms with E-state index in [9.17, 15) is 0 Å². The number of hydrogen-bond donors (Lipinski definition) is 1. The van der Waals surface area contributed by atoms with E-state index in [2.05, 4.69) is 26.5 Å². The summed E-state index contributed by atoms with van der Waals surface area (Å²) in [6.45, 7) is 2.53. The predicted molar refractivity (Wildman–Crippen MR) is 98.2 cm³/mol. The quantitative estimate of drug-likeness (QED) is 0.763. The third-order valence-electron chi connectivity index (χ3n) is 4.21. The van der Waals surface area contributed by atoms with Crippen LogP contribution in [0.3, 0.4) is 0 Å². The largest absolute Gasteiger partial charge is 0.493 e. The van der Waals surface area contributed by atoms with Gasteiger partial charge in [-0.2, -0.15) is 10.1 Å². The molecular weight excluding hydrogens is 330 g/mol. The van der Waals surface area contributed by atoms with Crippen LogP contribution in [0.4, 0.5) is 5.95 Å². The normalized spacial score (nSPS) is 15.6. The molecule has 1 aliphatic heterocycles. The number of pyridine rings is 1. The molecule has 1 aliphatic rings. The number of ether oxygens (including phenoxy) is 2. The van der Waals surface area contributed by atoms with Crippen molar-refractivity contribution in [3.63, 3.8) is 0 Å². The van der Waals surface area contributed by atoms with Gasteiger partial charge >= 0.3 is 0 Å². The topological polar surface area (TPSA) is 74.1 Å². The summed E-state index contributed by atoms with van der Waals surface area (Å²) in [6, 6.07) is 9.72. The lowest BCUT2D eigenvalue weighted by Crippen LogP contribution is -2.20. The highest BCUT2D eigenvalue weighted by Gasteiger charge is 2.24.